The van der Waals surface area contributed by atoms with Gasteiger partial charge in [-0.1, -0.05) is 48.5 Å². The molecule has 0 aliphatic rings. The lowest BCUT2D eigenvalue weighted by atomic mass is 10.1. The third kappa shape index (κ3) is 1.72. The van der Waals surface area contributed by atoms with E-state index < -0.39 is 0 Å². The van der Waals surface area contributed by atoms with Crippen LogP contribution < -0.4 is 0 Å². The van der Waals surface area contributed by atoms with E-state index in [1.807, 2.05) is 48.5 Å². The van der Waals surface area contributed by atoms with E-state index in [9.17, 15) is 0 Å². The molecule has 0 aromatic heterocycles. The van der Waals surface area contributed by atoms with E-state index in [0.29, 0.717) is 0 Å². The van der Waals surface area contributed by atoms with Gasteiger partial charge in [-0.3, -0.25) is 0 Å². The molecule has 0 saturated carbocycles. The van der Waals surface area contributed by atoms with Gasteiger partial charge in [0.1, 0.15) is 0 Å². The summed E-state index contributed by atoms with van der Waals surface area (Å²) >= 11 is 10.5. The van der Waals surface area contributed by atoms with E-state index in [1.54, 1.807) is 0 Å². The molecular weight excluding hydrogens is 208 g/mol. The predicted octanol–water partition coefficient (Wildman–Crippen LogP) is 3.17. The molecule has 0 amide bonds. The Kier molecular flexibility index (Phi) is 2.66. The van der Waals surface area contributed by atoms with Crippen molar-refractivity contribution in [3.05, 3.63) is 48.5 Å². The summed E-state index contributed by atoms with van der Waals surface area (Å²) in [5.74, 6) is 0. The molecule has 2 rings (SSSR count). The molecule has 14 heavy (non-hydrogen) atoms. The first-order valence-corrected chi connectivity index (χ1v) is 5.13. The maximum Gasteiger partial charge on any atom is -0.0391 e. The summed E-state index contributed by atoms with van der Waals surface area (Å²) in [6, 6.07) is 15.7. The number of hydrogen-bond acceptors (Lipinski definition) is 2. The Bertz CT molecular complexity index is 406. The summed E-state index contributed by atoms with van der Waals surface area (Å²) in [6.07, 6.45) is 0. The van der Waals surface area contributed by atoms with Gasteiger partial charge in [0.25, 0.3) is 0 Å². The van der Waals surface area contributed by atoms with Gasteiger partial charge in [-0.2, -0.15) is 9.79 Å². The highest BCUT2D eigenvalue weighted by molar-refractivity contribution is 7.59. The quantitative estimate of drug-likeness (QED) is 0.672. The second-order valence-corrected chi connectivity index (χ2v) is 3.87. The summed E-state index contributed by atoms with van der Waals surface area (Å²) in [4.78, 5) is 1.70. The van der Waals surface area contributed by atoms with Crippen LogP contribution in [0.2, 0.25) is 0 Å². The van der Waals surface area contributed by atoms with Gasteiger partial charge in [-0.15, -0.1) is 0 Å². The average molecular weight is 216 g/mol. The molecule has 0 heterocycles. The van der Waals surface area contributed by atoms with Crippen LogP contribution in [0.3, 0.4) is 0 Å². The first-order valence-electron chi connectivity index (χ1n) is 4.31. The van der Waals surface area contributed by atoms with Gasteiger partial charge in [0.2, 0.25) is 0 Å². The van der Waals surface area contributed by atoms with E-state index in [2.05, 4.69) is 0 Å². The van der Waals surface area contributed by atoms with Gasteiger partial charge >= 0.3 is 0 Å². The fourth-order valence-corrected chi connectivity index (χ4v) is 1.89. The van der Waals surface area contributed by atoms with Crippen molar-refractivity contribution in [2.24, 2.45) is 0 Å². The Balaban J connectivity index is 2.61. The minimum absolute atomic E-state index is 0.852. The number of rotatable bonds is 1. The third-order valence-corrected chi connectivity index (χ3v) is 2.78. The second-order valence-electron chi connectivity index (χ2n) is 2.99. The van der Waals surface area contributed by atoms with Crippen molar-refractivity contribution in [3.8, 4) is 11.1 Å². The highest BCUT2D eigenvalue weighted by atomic mass is 32.1. The van der Waals surface area contributed by atoms with Crippen molar-refractivity contribution in [2.75, 3.05) is 0 Å². The Labute approximate surface area is 94.8 Å². The standard InChI is InChI=1S/C12H10S2/c13-11-7-3-1-5-9(11)10-6-2-4-8-12(10)14/h1-8,13-14H/p-2. The smallest absolute Gasteiger partial charge is 0.0391 e. The molecule has 0 unspecified atom stereocenters. The van der Waals surface area contributed by atoms with Crippen LogP contribution in [0, 0.1) is 0 Å². The van der Waals surface area contributed by atoms with Gasteiger partial charge < -0.3 is 25.3 Å². The van der Waals surface area contributed by atoms with Crippen LogP contribution in [0.5, 0.6) is 0 Å². The largest absolute Gasteiger partial charge is 0.779 e. The highest BCUT2D eigenvalue weighted by Gasteiger charge is 1.95. The molecule has 0 fully saturated rings. The summed E-state index contributed by atoms with van der Waals surface area (Å²) in [7, 11) is 0. The van der Waals surface area contributed by atoms with Crippen LogP contribution in [0.4, 0.5) is 0 Å². The van der Waals surface area contributed by atoms with E-state index in [1.165, 1.54) is 0 Å². The molecule has 2 aromatic carbocycles. The third-order valence-electron chi connectivity index (χ3n) is 2.06. The van der Waals surface area contributed by atoms with Crippen molar-refractivity contribution in [2.45, 2.75) is 9.79 Å². The molecule has 70 valence electrons. The predicted molar refractivity (Wildman–Crippen MR) is 63.1 cm³/mol. The van der Waals surface area contributed by atoms with Gasteiger partial charge in [0.15, 0.2) is 0 Å². The monoisotopic (exact) mass is 216 g/mol. The van der Waals surface area contributed by atoms with Gasteiger partial charge in [0, 0.05) is 0 Å². The molecule has 0 N–H and O–H groups in total. The summed E-state index contributed by atoms with van der Waals surface area (Å²) < 4.78 is 0. The summed E-state index contributed by atoms with van der Waals surface area (Å²) in [5.41, 5.74) is 2.10. The maximum absolute atomic E-state index is 5.25. The normalized spacial score (nSPS) is 10.0. The fraction of sp³-hybridized carbons (Fsp3) is 0. The van der Waals surface area contributed by atoms with Crippen molar-refractivity contribution in [1.82, 2.24) is 0 Å². The average Bonchev–Trinajstić information content (AvgIpc) is 2.20. The Morgan fingerprint density at radius 1 is 0.571 bits per heavy atom. The fourth-order valence-electron chi connectivity index (χ4n) is 1.38. The molecular formula is C12H8S2-2. The van der Waals surface area contributed by atoms with Crippen molar-refractivity contribution in [3.63, 3.8) is 0 Å². The van der Waals surface area contributed by atoms with Crippen molar-refractivity contribution >= 4 is 25.3 Å². The van der Waals surface area contributed by atoms with Crippen LogP contribution >= 0.6 is 0 Å². The van der Waals surface area contributed by atoms with Crippen LogP contribution in [0.25, 0.3) is 11.1 Å². The highest BCUT2D eigenvalue weighted by Crippen LogP contribution is 2.26. The summed E-state index contributed by atoms with van der Waals surface area (Å²) in [6.45, 7) is 0. The van der Waals surface area contributed by atoms with Gasteiger partial charge in [-0.05, 0) is 11.1 Å². The zero-order valence-electron chi connectivity index (χ0n) is 7.44. The van der Waals surface area contributed by atoms with Crippen LogP contribution in [-0.2, 0) is 25.3 Å². The molecule has 2 heteroatoms. The molecule has 0 nitrogen and oxygen atoms in total. The molecule has 0 aliphatic carbocycles. The SMILES string of the molecule is [S-]c1ccccc1-c1ccccc1[S-]. The van der Waals surface area contributed by atoms with E-state index in [4.69, 9.17) is 25.3 Å². The lowest BCUT2D eigenvalue weighted by molar-refractivity contribution is 1.39. The number of hydrogen-bond donors (Lipinski definition) is 0. The van der Waals surface area contributed by atoms with E-state index in [-0.39, 0.29) is 0 Å². The van der Waals surface area contributed by atoms with Gasteiger partial charge in [-0.25, -0.2) is 0 Å². The Morgan fingerprint density at radius 2 is 0.929 bits per heavy atom. The minimum atomic E-state index is 0.852. The molecule has 0 saturated heterocycles. The first-order chi connectivity index (χ1) is 6.79. The molecule has 0 radical (unpaired) electrons. The lowest BCUT2D eigenvalue weighted by Gasteiger charge is -2.19. The molecule has 0 spiro atoms. The zero-order valence-corrected chi connectivity index (χ0v) is 9.07. The van der Waals surface area contributed by atoms with Crippen molar-refractivity contribution < 1.29 is 0 Å². The molecule has 2 aromatic rings. The van der Waals surface area contributed by atoms with E-state index >= 15 is 0 Å². The molecule has 0 aliphatic heterocycles. The van der Waals surface area contributed by atoms with E-state index in [0.717, 1.165) is 20.9 Å². The van der Waals surface area contributed by atoms with Crippen LogP contribution in [0.15, 0.2) is 58.3 Å². The Hall–Kier alpha value is -1.12. The second kappa shape index (κ2) is 3.95. The van der Waals surface area contributed by atoms with Crippen molar-refractivity contribution in [1.29, 1.82) is 0 Å². The van der Waals surface area contributed by atoms with Crippen LogP contribution in [0.1, 0.15) is 0 Å². The molecule has 0 bridgehead atoms. The number of benzene rings is 2. The Morgan fingerprint density at radius 3 is 1.29 bits per heavy atom. The summed E-state index contributed by atoms with van der Waals surface area (Å²) in [5, 5.41) is 0. The minimum Gasteiger partial charge on any atom is -0.779 e. The van der Waals surface area contributed by atoms with Gasteiger partial charge in [0.05, 0.1) is 0 Å². The first kappa shape index (κ1) is 9.44. The maximum atomic E-state index is 5.25. The molecule has 0 atom stereocenters. The lowest BCUT2D eigenvalue weighted by Crippen LogP contribution is -1.84. The topological polar surface area (TPSA) is 0 Å². The zero-order chi connectivity index (χ0) is 9.97. The van der Waals surface area contributed by atoms with Crippen LogP contribution in [-0.4, -0.2) is 0 Å².